The maximum absolute atomic E-state index is 12.6. The molecular formula is C20H28N6O2. The number of carbonyl (C=O) groups excluding carboxylic acids is 1. The molecule has 0 bridgehead atoms. The van der Waals surface area contributed by atoms with E-state index in [1.54, 1.807) is 0 Å². The number of likely N-dealkylation sites (N-methyl/N-ethyl adjacent to an activating group) is 1. The molecule has 2 aromatic rings. The molecule has 28 heavy (non-hydrogen) atoms. The van der Waals surface area contributed by atoms with E-state index in [1.807, 2.05) is 24.1 Å². The van der Waals surface area contributed by atoms with Gasteiger partial charge in [-0.1, -0.05) is 19.3 Å². The molecule has 0 radical (unpaired) electrons. The number of morpholine rings is 1. The van der Waals surface area contributed by atoms with Gasteiger partial charge in [0.2, 0.25) is 11.7 Å². The normalized spacial score (nSPS) is 18.2. The highest BCUT2D eigenvalue weighted by Crippen LogP contribution is 2.22. The van der Waals surface area contributed by atoms with Gasteiger partial charge in [0, 0.05) is 37.4 Å². The van der Waals surface area contributed by atoms with Gasteiger partial charge < -0.3 is 14.5 Å². The van der Waals surface area contributed by atoms with Crippen LogP contribution >= 0.6 is 0 Å². The zero-order valence-electron chi connectivity index (χ0n) is 16.5. The molecule has 150 valence electrons. The van der Waals surface area contributed by atoms with E-state index in [2.05, 4.69) is 32.4 Å². The molecule has 1 amide bonds. The van der Waals surface area contributed by atoms with Crippen LogP contribution in [-0.4, -0.2) is 70.4 Å². The van der Waals surface area contributed by atoms with E-state index in [0.29, 0.717) is 11.9 Å². The molecule has 1 aliphatic heterocycles. The Kier molecular flexibility index (Phi) is 5.85. The fourth-order valence-electron chi connectivity index (χ4n) is 3.97. The Morgan fingerprint density at radius 2 is 1.86 bits per heavy atom. The smallest absolute Gasteiger partial charge is 0.246 e. The molecule has 1 aromatic heterocycles. The first-order valence-electron chi connectivity index (χ1n) is 10.2. The minimum absolute atomic E-state index is 0.0403. The van der Waals surface area contributed by atoms with E-state index in [4.69, 9.17) is 4.74 Å². The van der Waals surface area contributed by atoms with Crippen molar-refractivity contribution in [3.63, 3.8) is 0 Å². The number of benzene rings is 1. The number of aromatic nitrogens is 4. The van der Waals surface area contributed by atoms with E-state index in [1.165, 1.54) is 29.7 Å². The van der Waals surface area contributed by atoms with Crippen LogP contribution in [0.4, 0.5) is 5.69 Å². The lowest BCUT2D eigenvalue weighted by Gasteiger charge is -2.31. The third-order valence-corrected chi connectivity index (χ3v) is 5.75. The Labute approximate surface area is 165 Å². The van der Waals surface area contributed by atoms with Crippen LogP contribution in [0.5, 0.6) is 0 Å². The third-order valence-electron chi connectivity index (χ3n) is 5.75. The van der Waals surface area contributed by atoms with Gasteiger partial charge in [0.05, 0.1) is 13.2 Å². The van der Waals surface area contributed by atoms with Gasteiger partial charge in [0.1, 0.15) is 6.54 Å². The number of tetrazole rings is 1. The van der Waals surface area contributed by atoms with Gasteiger partial charge in [-0.05, 0) is 42.3 Å². The number of hydrogen-bond acceptors (Lipinski definition) is 6. The monoisotopic (exact) mass is 384 g/mol. The molecule has 0 unspecified atom stereocenters. The third kappa shape index (κ3) is 4.32. The zero-order valence-corrected chi connectivity index (χ0v) is 16.5. The summed E-state index contributed by atoms with van der Waals surface area (Å²) < 4.78 is 5.40. The first-order valence-corrected chi connectivity index (χ1v) is 10.2. The summed E-state index contributed by atoms with van der Waals surface area (Å²) in [5.74, 6) is 0.583. The van der Waals surface area contributed by atoms with Crippen LogP contribution in [0.1, 0.15) is 32.1 Å². The van der Waals surface area contributed by atoms with Gasteiger partial charge in [-0.2, -0.15) is 4.80 Å². The van der Waals surface area contributed by atoms with Crippen molar-refractivity contribution in [2.75, 3.05) is 38.3 Å². The first kappa shape index (κ1) is 18.9. The van der Waals surface area contributed by atoms with Crippen molar-refractivity contribution in [3.05, 3.63) is 24.3 Å². The topological polar surface area (TPSA) is 76.4 Å². The van der Waals surface area contributed by atoms with Gasteiger partial charge in [-0.15, -0.1) is 10.2 Å². The van der Waals surface area contributed by atoms with Crippen molar-refractivity contribution in [3.8, 4) is 11.4 Å². The molecular weight excluding hydrogens is 356 g/mol. The summed E-state index contributed by atoms with van der Waals surface area (Å²) in [6, 6.07) is 8.49. The maximum atomic E-state index is 12.6. The summed E-state index contributed by atoms with van der Waals surface area (Å²) in [5, 5.41) is 12.6. The van der Waals surface area contributed by atoms with Gasteiger partial charge in [-0.3, -0.25) is 4.79 Å². The Balaban J connectivity index is 1.37. The van der Waals surface area contributed by atoms with Crippen LogP contribution in [-0.2, 0) is 16.1 Å². The van der Waals surface area contributed by atoms with E-state index < -0.39 is 0 Å². The highest BCUT2D eigenvalue weighted by molar-refractivity contribution is 5.75. The van der Waals surface area contributed by atoms with Gasteiger partial charge in [-0.25, -0.2) is 0 Å². The maximum Gasteiger partial charge on any atom is 0.246 e. The molecule has 4 rings (SSSR count). The van der Waals surface area contributed by atoms with Crippen LogP contribution in [0, 0.1) is 0 Å². The van der Waals surface area contributed by atoms with Crippen molar-refractivity contribution < 1.29 is 9.53 Å². The van der Waals surface area contributed by atoms with Gasteiger partial charge >= 0.3 is 0 Å². The summed E-state index contributed by atoms with van der Waals surface area (Å²) in [6.07, 6.45) is 5.86. The Morgan fingerprint density at radius 1 is 1.14 bits per heavy atom. The van der Waals surface area contributed by atoms with E-state index in [-0.39, 0.29) is 12.5 Å². The summed E-state index contributed by atoms with van der Waals surface area (Å²) in [5.41, 5.74) is 2.07. The quantitative estimate of drug-likeness (QED) is 0.784. The number of hydrogen-bond donors (Lipinski definition) is 0. The number of nitrogens with zero attached hydrogens (tertiary/aromatic N) is 6. The fourth-order valence-corrected chi connectivity index (χ4v) is 3.97. The Bertz CT molecular complexity index is 778. The molecule has 8 heteroatoms. The van der Waals surface area contributed by atoms with Crippen LogP contribution in [0.3, 0.4) is 0 Å². The van der Waals surface area contributed by atoms with Crippen LogP contribution in [0.15, 0.2) is 24.3 Å². The zero-order chi connectivity index (χ0) is 19.3. The van der Waals surface area contributed by atoms with Gasteiger partial charge in [0.15, 0.2) is 0 Å². The second-order valence-corrected chi connectivity index (χ2v) is 7.59. The molecule has 0 atom stereocenters. The van der Waals surface area contributed by atoms with Crippen LogP contribution < -0.4 is 4.90 Å². The summed E-state index contributed by atoms with van der Waals surface area (Å²) in [6.45, 7) is 3.47. The van der Waals surface area contributed by atoms with E-state index in [0.717, 1.165) is 44.7 Å². The summed E-state index contributed by atoms with van der Waals surface area (Å²) >= 11 is 0. The summed E-state index contributed by atoms with van der Waals surface area (Å²) in [7, 11) is 1.89. The lowest BCUT2D eigenvalue weighted by molar-refractivity contribution is -0.133. The lowest BCUT2D eigenvalue weighted by Crippen LogP contribution is -2.40. The average Bonchev–Trinajstić information content (AvgIpc) is 3.23. The van der Waals surface area contributed by atoms with Crippen molar-refractivity contribution in [1.82, 2.24) is 25.1 Å². The molecule has 8 nitrogen and oxygen atoms in total. The largest absolute Gasteiger partial charge is 0.378 e. The molecule has 2 aliphatic rings. The second kappa shape index (κ2) is 8.68. The Morgan fingerprint density at radius 3 is 2.57 bits per heavy atom. The van der Waals surface area contributed by atoms with Crippen LogP contribution in [0.2, 0.25) is 0 Å². The minimum Gasteiger partial charge on any atom is -0.378 e. The second-order valence-electron chi connectivity index (χ2n) is 7.59. The highest BCUT2D eigenvalue weighted by Gasteiger charge is 2.23. The van der Waals surface area contributed by atoms with Crippen molar-refractivity contribution in [2.45, 2.75) is 44.7 Å². The molecule has 0 N–H and O–H groups in total. The number of anilines is 1. The molecule has 2 fully saturated rings. The van der Waals surface area contributed by atoms with E-state index >= 15 is 0 Å². The molecule has 2 heterocycles. The number of rotatable bonds is 5. The molecule has 1 aliphatic carbocycles. The van der Waals surface area contributed by atoms with Crippen molar-refractivity contribution in [1.29, 1.82) is 0 Å². The molecule has 0 spiro atoms. The fraction of sp³-hybridized carbons (Fsp3) is 0.600. The molecule has 1 saturated heterocycles. The van der Waals surface area contributed by atoms with E-state index in [9.17, 15) is 4.79 Å². The molecule has 1 aromatic carbocycles. The summed E-state index contributed by atoms with van der Waals surface area (Å²) in [4.78, 5) is 18.1. The van der Waals surface area contributed by atoms with Crippen molar-refractivity contribution in [2.24, 2.45) is 0 Å². The average molecular weight is 384 g/mol. The SMILES string of the molecule is CN(C(=O)Cn1nnc(-c2ccc(N3CCOCC3)cc2)n1)C1CCCCC1. The predicted octanol–water partition coefficient (Wildman–Crippen LogP) is 1.97. The molecule has 1 saturated carbocycles. The first-order chi connectivity index (χ1) is 13.7. The highest BCUT2D eigenvalue weighted by atomic mass is 16.5. The standard InChI is InChI=1S/C20H28N6O2/c1-24(17-5-3-2-4-6-17)19(27)15-26-22-20(21-23-26)16-7-9-18(10-8-16)25-11-13-28-14-12-25/h7-10,17H,2-6,11-15H2,1H3. The minimum atomic E-state index is 0.0403. The predicted molar refractivity (Wildman–Crippen MR) is 106 cm³/mol. The van der Waals surface area contributed by atoms with Crippen LogP contribution in [0.25, 0.3) is 11.4 Å². The number of amides is 1. The number of carbonyl (C=O) groups is 1. The lowest BCUT2D eigenvalue weighted by atomic mass is 9.94. The van der Waals surface area contributed by atoms with Gasteiger partial charge in [0.25, 0.3) is 0 Å². The number of ether oxygens (including phenoxy) is 1. The van der Waals surface area contributed by atoms with Crippen molar-refractivity contribution >= 4 is 11.6 Å². The Hall–Kier alpha value is -2.48.